The molecule has 0 bridgehead atoms. The third-order valence-electron chi connectivity index (χ3n) is 4.69. The van der Waals surface area contributed by atoms with Crippen LogP contribution in [0.4, 0.5) is 26.3 Å². The highest BCUT2D eigenvalue weighted by Gasteiger charge is 2.47. The number of hydrogen-bond acceptors (Lipinski definition) is 5. The fourth-order valence-electron chi connectivity index (χ4n) is 3.23. The van der Waals surface area contributed by atoms with Crippen LogP contribution in [0.15, 0.2) is 0 Å². The van der Waals surface area contributed by atoms with Crippen LogP contribution in [0.5, 0.6) is 0 Å². The second-order valence-corrected chi connectivity index (χ2v) is 6.83. The average molecular weight is 420 g/mol. The number of carbonyl (C=O) groups excluding carboxylic acids is 2. The molecule has 0 N–H and O–H groups in total. The lowest BCUT2D eigenvalue weighted by molar-refractivity contribution is -0.205. The maximum Gasteiger partial charge on any atom is 0.471 e. The van der Waals surface area contributed by atoms with Crippen LogP contribution in [-0.4, -0.2) is 85.6 Å². The Balaban J connectivity index is 0.000000209. The van der Waals surface area contributed by atoms with Crippen molar-refractivity contribution in [2.24, 2.45) is 0 Å². The zero-order valence-electron chi connectivity index (χ0n) is 15.1. The van der Waals surface area contributed by atoms with Gasteiger partial charge >= 0.3 is 18.3 Å². The van der Waals surface area contributed by atoms with Gasteiger partial charge in [-0.05, 0) is 0 Å². The van der Waals surface area contributed by atoms with Crippen LogP contribution in [0.1, 0.15) is 25.7 Å². The molecule has 3 saturated heterocycles. The minimum absolute atomic E-state index is 0.0261. The van der Waals surface area contributed by atoms with Crippen LogP contribution in [0.25, 0.3) is 0 Å². The molecule has 3 heterocycles. The van der Waals surface area contributed by atoms with E-state index >= 15 is 0 Å². The van der Waals surface area contributed by atoms with E-state index in [4.69, 9.17) is 9.47 Å². The van der Waals surface area contributed by atoms with E-state index < -0.39 is 30.6 Å². The molecule has 28 heavy (non-hydrogen) atoms. The fourth-order valence-corrected chi connectivity index (χ4v) is 3.23. The summed E-state index contributed by atoms with van der Waals surface area (Å²) in [5.41, 5.74) is 0. The van der Waals surface area contributed by atoms with Gasteiger partial charge in [0.2, 0.25) is 0 Å². The normalized spacial score (nSPS) is 23.5. The summed E-state index contributed by atoms with van der Waals surface area (Å²) in [5.74, 6) is -2.46. The standard InChI is InChI=1S/C9H12F3NO3.C7H10F3NO/c10-9(11,12)7(14)13-3-1-8(2-4-13)15-5-6-16-8;8-7(9,10)5-11-3-1-6(12)2-4-11/h1-6H2;1-5H2. The van der Waals surface area contributed by atoms with E-state index in [0.717, 1.165) is 4.90 Å². The summed E-state index contributed by atoms with van der Waals surface area (Å²) in [4.78, 5) is 23.7. The summed E-state index contributed by atoms with van der Waals surface area (Å²) in [6.45, 7) is 0.591. The number of ether oxygens (including phenoxy) is 2. The van der Waals surface area contributed by atoms with Crippen LogP contribution < -0.4 is 0 Å². The lowest BCUT2D eigenvalue weighted by Crippen LogP contribution is -2.50. The Bertz CT molecular complexity index is 540. The van der Waals surface area contributed by atoms with E-state index in [9.17, 15) is 35.9 Å². The highest BCUT2D eigenvalue weighted by molar-refractivity contribution is 5.82. The van der Waals surface area contributed by atoms with Crippen molar-refractivity contribution < 1.29 is 45.4 Å². The maximum atomic E-state index is 12.1. The van der Waals surface area contributed by atoms with Crippen LogP contribution >= 0.6 is 0 Å². The number of alkyl halides is 6. The van der Waals surface area contributed by atoms with Gasteiger partial charge in [-0.1, -0.05) is 0 Å². The topological polar surface area (TPSA) is 59.1 Å². The van der Waals surface area contributed by atoms with Gasteiger partial charge in [-0.15, -0.1) is 0 Å². The van der Waals surface area contributed by atoms with Gasteiger partial charge in [0.05, 0.1) is 19.8 Å². The lowest BCUT2D eigenvalue weighted by atomic mass is 10.0. The van der Waals surface area contributed by atoms with Gasteiger partial charge in [-0.2, -0.15) is 26.3 Å². The van der Waals surface area contributed by atoms with Crippen LogP contribution in [0.3, 0.4) is 0 Å². The summed E-state index contributed by atoms with van der Waals surface area (Å²) in [6.07, 6.45) is -7.81. The van der Waals surface area contributed by atoms with Gasteiger partial charge in [-0.3, -0.25) is 14.5 Å². The molecule has 0 aliphatic carbocycles. The Kier molecular flexibility index (Phi) is 7.32. The monoisotopic (exact) mass is 420 g/mol. The van der Waals surface area contributed by atoms with Gasteiger partial charge in [0.25, 0.3) is 0 Å². The molecule has 0 saturated carbocycles. The Morgan fingerprint density at radius 1 is 0.929 bits per heavy atom. The van der Waals surface area contributed by atoms with E-state index in [1.165, 1.54) is 4.90 Å². The molecule has 0 aromatic carbocycles. The van der Waals surface area contributed by atoms with Crippen molar-refractivity contribution in [1.29, 1.82) is 0 Å². The Hall–Kier alpha value is -1.40. The second-order valence-electron chi connectivity index (χ2n) is 6.83. The van der Waals surface area contributed by atoms with Crippen molar-refractivity contribution in [2.75, 3.05) is 45.9 Å². The van der Waals surface area contributed by atoms with E-state index in [2.05, 4.69) is 0 Å². The van der Waals surface area contributed by atoms with Crippen molar-refractivity contribution >= 4 is 11.7 Å². The maximum absolute atomic E-state index is 12.1. The first kappa shape index (κ1) is 22.9. The molecule has 3 aliphatic heterocycles. The van der Waals surface area contributed by atoms with Gasteiger partial charge < -0.3 is 14.4 Å². The molecule has 1 spiro atoms. The van der Waals surface area contributed by atoms with Gasteiger partial charge in [0.1, 0.15) is 5.78 Å². The van der Waals surface area contributed by atoms with Crippen LogP contribution in [0, 0.1) is 0 Å². The highest BCUT2D eigenvalue weighted by atomic mass is 19.4. The molecular weight excluding hydrogens is 398 g/mol. The molecule has 6 nitrogen and oxygen atoms in total. The van der Waals surface area contributed by atoms with E-state index in [1.807, 2.05) is 0 Å². The fraction of sp³-hybridized carbons (Fsp3) is 0.875. The Morgan fingerprint density at radius 2 is 1.43 bits per heavy atom. The first-order chi connectivity index (χ1) is 12.9. The summed E-state index contributed by atoms with van der Waals surface area (Å²) in [6, 6.07) is 0. The van der Waals surface area contributed by atoms with E-state index in [1.54, 1.807) is 0 Å². The van der Waals surface area contributed by atoms with E-state index in [0.29, 0.717) is 26.1 Å². The predicted octanol–water partition coefficient (Wildman–Crippen LogP) is 2.13. The molecule has 3 fully saturated rings. The molecular formula is C16H22F6N2O4. The van der Waals surface area contributed by atoms with Crippen molar-refractivity contribution in [1.82, 2.24) is 9.80 Å². The minimum Gasteiger partial charge on any atom is -0.347 e. The van der Waals surface area contributed by atoms with Gasteiger partial charge in [0.15, 0.2) is 5.79 Å². The summed E-state index contributed by atoms with van der Waals surface area (Å²) in [7, 11) is 0. The van der Waals surface area contributed by atoms with Gasteiger partial charge in [-0.25, -0.2) is 0 Å². The molecule has 0 radical (unpaired) electrons. The third-order valence-corrected chi connectivity index (χ3v) is 4.69. The number of carbonyl (C=O) groups is 2. The molecule has 0 unspecified atom stereocenters. The first-order valence-corrected chi connectivity index (χ1v) is 8.85. The summed E-state index contributed by atoms with van der Waals surface area (Å²) < 4.78 is 82.6. The Morgan fingerprint density at radius 3 is 1.86 bits per heavy atom. The van der Waals surface area contributed by atoms with E-state index in [-0.39, 0.29) is 44.8 Å². The van der Waals surface area contributed by atoms with Crippen molar-refractivity contribution in [2.45, 2.75) is 43.8 Å². The SMILES string of the molecule is O=C(N1CCC2(CC1)OCCO2)C(F)(F)F.O=C1CCN(CC(F)(F)F)CC1. The van der Waals surface area contributed by atoms with Gasteiger partial charge in [0, 0.05) is 51.9 Å². The number of rotatable bonds is 1. The van der Waals surface area contributed by atoms with Crippen LogP contribution in [-0.2, 0) is 19.1 Å². The quantitative estimate of drug-likeness (QED) is 0.609. The number of hydrogen-bond donors (Lipinski definition) is 0. The number of amides is 1. The highest BCUT2D eigenvalue weighted by Crippen LogP contribution is 2.32. The van der Waals surface area contributed by atoms with Crippen molar-refractivity contribution in [3.05, 3.63) is 0 Å². The third kappa shape index (κ3) is 6.89. The summed E-state index contributed by atoms with van der Waals surface area (Å²) in [5, 5.41) is 0. The second kappa shape index (κ2) is 8.95. The number of piperidine rings is 2. The number of likely N-dealkylation sites (tertiary alicyclic amines) is 2. The van der Waals surface area contributed by atoms with Crippen molar-refractivity contribution in [3.8, 4) is 0 Å². The first-order valence-electron chi connectivity index (χ1n) is 8.85. The number of Topliss-reactive ketones (excluding diaryl/α,β-unsaturated/α-hetero) is 1. The molecule has 0 aromatic rings. The minimum atomic E-state index is -4.79. The number of ketones is 1. The Labute approximate surface area is 157 Å². The molecule has 0 aromatic heterocycles. The molecule has 3 aliphatic rings. The lowest BCUT2D eigenvalue weighted by Gasteiger charge is -2.37. The molecule has 3 rings (SSSR count). The summed E-state index contributed by atoms with van der Waals surface area (Å²) >= 11 is 0. The zero-order valence-corrected chi connectivity index (χ0v) is 15.1. The van der Waals surface area contributed by atoms with Crippen LogP contribution in [0.2, 0.25) is 0 Å². The predicted molar refractivity (Wildman–Crippen MR) is 83.2 cm³/mol. The smallest absolute Gasteiger partial charge is 0.347 e. The molecule has 162 valence electrons. The largest absolute Gasteiger partial charge is 0.471 e. The zero-order chi connectivity index (χ0) is 21.0. The molecule has 0 atom stereocenters. The number of halogens is 6. The average Bonchev–Trinajstić information content (AvgIpc) is 3.04. The van der Waals surface area contributed by atoms with Crippen molar-refractivity contribution in [3.63, 3.8) is 0 Å². The number of nitrogens with zero attached hydrogens (tertiary/aromatic N) is 2. The molecule has 1 amide bonds. The molecule has 12 heteroatoms.